The van der Waals surface area contributed by atoms with Crippen LogP contribution in [0.1, 0.15) is 56.8 Å². The number of nitrogens with zero attached hydrogens (tertiary/aromatic N) is 4. The van der Waals surface area contributed by atoms with Gasteiger partial charge in [0.1, 0.15) is 11.3 Å². The van der Waals surface area contributed by atoms with E-state index in [1.807, 2.05) is 6.20 Å². The van der Waals surface area contributed by atoms with Crippen LogP contribution in [0.3, 0.4) is 0 Å². The summed E-state index contributed by atoms with van der Waals surface area (Å²) in [5.74, 6) is 1.87. The summed E-state index contributed by atoms with van der Waals surface area (Å²) in [4.78, 5) is 9.60. The molecule has 1 N–H and O–H groups in total. The van der Waals surface area contributed by atoms with Crippen molar-refractivity contribution in [2.45, 2.75) is 51.0 Å². The number of pyridine rings is 1. The Morgan fingerprint density at radius 3 is 2.68 bits per heavy atom. The summed E-state index contributed by atoms with van der Waals surface area (Å²) in [6.45, 7) is 3.56. The van der Waals surface area contributed by atoms with Crippen LogP contribution in [-0.2, 0) is 0 Å². The van der Waals surface area contributed by atoms with E-state index in [-0.39, 0.29) is 0 Å². The first-order chi connectivity index (χ1) is 12.3. The fourth-order valence-electron chi connectivity index (χ4n) is 3.96. The third kappa shape index (κ3) is 2.92. The molecule has 1 saturated carbocycles. The molecule has 0 amide bonds. The first-order valence-electron chi connectivity index (χ1n) is 9.09. The lowest BCUT2D eigenvalue weighted by Crippen LogP contribution is -2.41. The minimum Gasteiger partial charge on any atom is -0.323 e. The van der Waals surface area contributed by atoms with Gasteiger partial charge in [0, 0.05) is 32.0 Å². The summed E-state index contributed by atoms with van der Waals surface area (Å²) in [6.07, 6.45) is 8.66. The van der Waals surface area contributed by atoms with Gasteiger partial charge in [0.05, 0.1) is 28.0 Å². The average Bonchev–Trinajstić information content (AvgIpc) is 3.18. The maximum atomic E-state index is 7.32. The van der Waals surface area contributed by atoms with Crippen molar-refractivity contribution >= 4 is 32.6 Å². The van der Waals surface area contributed by atoms with E-state index in [1.165, 1.54) is 55.1 Å². The normalized spacial score (nSPS) is 18.6. The van der Waals surface area contributed by atoms with Crippen molar-refractivity contribution in [2.75, 3.05) is 13.1 Å². The number of fused-ring (bicyclic) bond motifs is 3. The number of imidazole rings is 1. The Bertz CT molecular complexity index is 909. The van der Waals surface area contributed by atoms with Crippen LogP contribution in [0.25, 0.3) is 21.3 Å². The monoisotopic (exact) mass is 353 g/mol. The Hall–Kier alpha value is -1.97. The van der Waals surface area contributed by atoms with Crippen molar-refractivity contribution in [3.63, 3.8) is 0 Å². The minimum atomic E-state index is 0.573. The molecule has 1 saturated heterocycles. The first kappa shape index (κ1) is 16.5. The number of nitriles is 1. The van der Waals surface area contributed by atoms with E-state index in [0.717, 1.165) is 24.1 Å². The molecule has 25 heavy (non-hydrogen) atoms. The van der Waals surface area contributed by atoms with Crippen molar-refractivity contribution in [2.24, 2.45) is 0 Å². The molecule has 1 aliphatic carbocycles. The predicted octanol–water partition coefficient (Wildman–Crippen LogP) is 4.37. The second-order valence-electron chi connectivity index (χ2n) is 6.84. The predicted molar refractivity (Wildman–Crippen MR) is 102 cm³/mol. The number of nitrogens with one attached hydrogen (secondary N) is 1. The summed E-state index contributed by atoms with van der Waals surface area (Å²) in [5.41, 5.74) is 3.55. The number of aromatic nitrogens is 3. The number of hydrogen-bond donors (Lipinski definition) is 1. The SMILES string of the molecule is CC#N.c1cc2ncc3nc(C4CNC4)n(C4CCCCC4)c3c2s1. The lowest BCUT2D eigenvalue weighted by molar-refractivity contribution is 0.331. The van der Waals surface area contributed by atoms with Crippen molar-refractivity contribution in [1.29, 1.82) is 5.26 Å². The number of rotatable bonds is 2. The molecule has 0 atom stereocenters. The summed E-state index contributed by atoms with van der Waals surface area (Å²) >= 11 is 1.81. The second kappa shape index (κ2) is 7.11. The van der Waals surface area contributed by atoms with E-state index in [9.17, 15) is 0 Å². The Labute approximate surface area is 151 Å². The highest BCUT2D eigenvalue weighted by Gasteiger charge is 2.30. The van der Waals surface area contributed by atoms with Gasteiger partial charge in [-0.05, 0) is 24.3 Å². The van der Waals surface area contributed by atoms with Crippen molar-refractivity contribution in [3.8, 4) is 6.07 Å². The molecule has 4 heterocycles. The smallest absolute Gasteiger partial charge is 0.115 e. The second-order valence-corrected chi connectivity index (χ2v) is 7.75. The number of thiophene rings is 1. The third-order valence-electron chi connectivity index (χ3n) is 5.24. The Morgan fingerprint density at radius 1 is 1.24 bits per heavy atom. The van der Waals surface area contributed by atoms with Gasteiger partial charge in [-0.15, -0.1) is 11.3 Å². The molecule has 0 aromatic carbocycles. The fourth-order valence-corrected chi connectivity index (χ4v) is 4.85. The molecule has 130 valence electrons. The van der Waals surface area contributed by atoms with Gasteiger partial charge in [0.15, 0.2) is 0 Å². The van der Waals surface area contributed by atoms with E-state index in [2.05, 4.69) is 26.3 Å². The highest BCUT2D eigenvalue weighted by molar-refractivity contribution is 7.18. The molecule has 3 aromatic heterocycles. The van der Waals surface area contributed by atoms with Crippen LogP contribution >= 0.6 is 11.3 Å². The molecule has 5 rings (SSSR count). The van der Waals surface area contributed by atoms with E-state index in [0.29, 0.717) is 12.0 Å². The molecule has 1 aliphatic heterocycles. The van der Waals surface area contributed by atoms with Gasteiger partial charge in [0.2, 0.25) is 0 Å². The largest absolute Gasteiger partial charge is 0.323 e. The molecule has 2 aliphatic rings. The van der Waals surface area contributed by atoms with E-state index in [1.54, 1.807) is 17.4 Å². The topological polar surface area (TPSA) is 66.5 Å². The standard InChI is InChI=1S/C17H20N4S.C2H3N/c1-2-4-12(5-3-1)21-15-14(20-17(21)11-8-18-9-11)10-19-13-6-7-22-16(13)15;1-2-3/h6-7,10-12,18H,1-5,8-9H2;1H3. The molecular weight excluding hydrogens is 330 g/mol. The Balaban J connectivity index is 0.000000490. The van der Waals surface area contributed by atoms with E-state index < -0.39 is 0 Å². The third-order valence-corrected chi connectivity index (χ3v) is 6.15. The van der Waals surface area contributed by atoms with Crippen LogP contribution in [0.2, 0.25) is 0 Å². The molecule has 3 aromatic rings. The summed E-state index contributed by atoms with van der Waals surface area (Å²) in [6, 6.07) is 4.50. The molecule has 0 radical (unpaired) electrons. The molecular formula is C19H23N5S. The zero-order valence-electron chi connectivity index (χ0n) is 14.5. The van der Waals surface area contributed by atoms with Crippen LogP contribution < -0.4 is 5.32 Å². The molecule has 2 fully saturated rings. The van der Waals surface area contributed by atoms with E-state index >= 15 is 0 Å². The first-order valence-corrected chi connectivity index (χ1v) is 9.97. The molecule has 5 nitrogen and oxygen atoms in total. The van der Waals surface area contributed by atoms with Gasteiger partial charge in [-0.2, -0.15) is 5.26 Å². The highest BCUT2D eigenvalue weighted by Crippen LogP contribution is 2.38. The van der Waals surface area contributed by atoms with Gasteiger partial charge in [-0.3, -0.25) is 4.98 Å². The highest BCUT2D eigenvalue weighted by atomic mass is 32.1. The van der Waals surface area contributed by atoms with Crippen molar-refractivity contribution in [3.05, 3.63) is 23.5 Å². The lowest BCUT2D eigenvalue weighted by atomic mass is 9.94. The summed E-state index contributed by atoms with van der Waals surface area (Å²) < 4.78 is 3.91. The zero-order valence-corrected chi connectivity index (χ0v) is 15.4. The van der Waals surface area contributed by atoms with Crippen LogP contribution in [0, 0.1) is 11.3 Å². The zero-order chi connectivity index (χ0) is 17.2. The van der Waals surface area contributed by atoms with Crippen LogP contribution in [0.5, 0.6) is 0 Å². The lowest BCUT2D eigenvalue weighted by Gasteiger charge is -2.31. The maximum Gasteiger partial charge on any atom is 0.115 e. The molecule has 0 bridgehead atoms. The van der Waals surface area contributed by atoms with Gasteiger partial charge in [-0.1, -0.05) is 19.3 Å². The fraction of sp³-hybridized carbons (Fsp3) is 0.526. The van der Waals surface area contributed by atoms with Crippen molar-refractivity contribution in [1.82, 2.24) is 19.9 Å². The van der Waals surface area contributed by atoms with E-state index in [4.69, 9.17) is 10.2 Å². The summed E-state index contributed by atoms with van der Waals surface area (Å²) in [7, 11) is 0. The summed E-state index contributed by atoms with van der Waals surface area (Å²) in [5, 5.41) is 12.9. The molecule has 0 spiro atoms. The average molecular weight is 353 g/mol. The Kier molecular flexibility index (Phi) is 4.69. The molecule has 0 unspecified atom stereocenters. The minimum absolute atomic E-state index is 0.573. The van der Waals surface area contributed by atoms with Gasteiger partial charge in [-0.25, -0.2) is 4.98 Å². The quantitative estimate of drug-likeness (QED) is 0.743. The Morgan fingerprint density at radius 2 is 2.00 bits per heavy atom. The number of hydrogen-bond acceptors (Lipinski definition) is 5. The van der Waals surface area contributed by atoms with Crippen LogP contribution in [0.4, 0.5) is 0 Å². The van der Waals surface area contributed by atoms with Gasteiger partial charge >= 0.3 is 0 Å². The van der Waals surface area contributed by atoms with Gasteiger partial charge < -0.3 is 9.88 Å². The maximum absolute atomic E-state index is 7.32. The van der Waals surface area contributed by atoms with Crippen LogP contribution in [0.15, 0.2) is 17.6 Å². The van der Waals surface area contributed by atoms with Gasteiger partial charge in [0.25, 0.3) is 0 Å². The van der Waals surface area contributed by atoms with Crippen molar-refractivity contribution < 1.29 is 0 Å². The van der Waals surface area contributed by atoms with Crippen LogP contribution in [-0.4, -0.2) is 27.6 Å². The molecule has 6 heteroatoms.